The fraction of sp³-hybridized carbons (Fsp3) is 0.500. The molecule has 1 aliphatic carbocycles. The molecule has 4 nitrogen and oxygen atoms in total. The van der Waals surface area contributed by atoms with Crippen molar-refractivity contribution in [1.29, 1.82) is 0 Å². The van der Waals surface area contributed by atoms with Gasteiger partial charge in [-0.3, -0.25) is 4.79 Å². The van der Waals surface area contributed by atoms with E-state index in [0.29, 0.717) is 19.3 Å². The molecule has 0 bridgehead atoms. The number of benzene rings is 1. The Morgan fingerprint density at radius 3 is 2.71 bits per heavy atom. The van der Waals surface area contributed by atoms with E-state index in [0.717, 1.165) is 18.6 Å². The van der Waals surface area contributed by atoms with E-state index in [1.165, 1.54) is 12.1 Å². The lowest BCUT2D eigenvalue weighted by molar-refractivity contribution is -0.312. The molecule has 2 atom stereocenters. The summed E-state index contributed by atoms with van der Waals surface area (Å²) in [5, 5.41) is 14.4. The van der Waals surface area contributed by atoms with Gasteiger partial charge in [-0.05, 0) is 37.5 Å². The summed E-state index contributed by atoms with van der Waals surface area (Å²) in [7, 11) is 0. The smallest absolute Gasteiger partial charge is 0.362 e. The Labute approximate surface area is 135 Å². The van der Waals surface area contributed by atoms with Gasteiger partial charge in [0.15, 0.2) is 0 Å². The number of aliphatic hydroxyl groups is 1. The van der Waals surface area contributed by atoms with E-state index in [2.05, 4.69) is 5.10 Å². The van der Waals surface area contributed by atoms with Gasteiger partial charge in [0.25, 0.3) is 11.6 Å². The monoisotopic (exact) mass is 344 g/mol. The third-order valence-corrected chi connectivity index (χ3v) is 4.55. The molecule has 24 heavy (non-hydrogen) atoms. The van der Waals surface area contributed by atoms with Gasteiger partial charge in [-0.1, -0.05) is 18.9 Å². The first-order valence-electron chi connectivity index (χ1n) is 7.71. The SMILES string of the molecule is O=C(c1cccc(F)c1)N1N=C2CCCCC[C@H]2[C@]1(O)C(F)(F)F. The number of carbonyl (C=O) groups is 1. The maximum absolute atomic E-state index is 13.7. The van der Waals surface area contributed by atoms with Gasteiger partial charge in [0, 0.05) is 11.3 Å². The number of halogens is 4. The van der Waals surface area contributed by atoms with Crippen LogP contribution in [-0.2, 0) is 0 Å². The number of amides is 1. The number of fused-ring (bicyclic) bond motifs is 1. The first-order chi connectivity index (χ1) is 11.2. The Hall–Kier alpha value is -1.96. The van der Waals surface area contributed by atoms with E-state index < -0.39 is 29.5 Å². The van der Waals surface area contributed by atoms with Gasteiger partial charge in [0.2, 0.25) is 0 Å². The van der Waals surface area contributed by atoms with Crippen LogP contribution in [-0.4, -0.2) is 33.6 Å². The van der Waals surface area contributed by atoms with E-state index in [9.17, 15) is 27.5 Å². The molecule has 0 spiro atoms. The van der Waals surface area contributed by atoms with Crippen molar-refractivity contribution in [3.8, 4) is 0 Å². The van der Waals surface area contributed by atoms with Gasteiger partial charge in [0.1, 0.15) is 5.82 Å². The highest BCUT2D eigenvalue weighted by atomic mass is 19.4. The Morgan fingerprint density at radius 1 is 1.29 bits per heavy atom. The molecule has 1 aliphatic heterocycles. The predicted octanol–water partition coefficient (Wildman–Crippen LogP) is 3.47. The molecule has 1 saturated carbocycles. The number of hydrogen-bond donors (Lipinski definition) is 1. The molecule has 8 heteroatoms. The fourth-order valence-electron chi connectivity index (χ4n) is 3.34. The number of carbonyl (C=O) groups excluding carboxylic acids is 1. The summed E-state index contributed by atoms with van der Waals surface area (Å²) in [5.41, 5.74) is -3.51. The Kier molecular flexibility index (Phi) is 4.11. The van der Waals surface area contributed by atoms with E-state index in [1.54, 1.807) is 0 Å². The lowest BCUT2D eigenvalue weighted by atomic mass is 9.87. The van der Waals surface area contributed by atoms with Crippen LogP contribution in [0.1, 0.15) is 42.5 Å². The van der Waals surface area contributed by atoms with Crippen LogP contribution < -0.4 is 0 Å². The average molecular weight is 344 g/mol. The van der Waals surface area contributed by atoms with Crippen LogP contribution in [0.5, 0.6) is 0 Å². The quantitative estimate of drug-likeness (QED) is 0.793. The highest BCUT2D eigenvalue weighted by molar-refractivity contribution is 5.99. The average Bonchev–Trinajstić information content (AvgIpc) is 2.68. The van der Waals surface area contributed by atoms with E-state index in [-0.39, 0.29) is 22.7 Å². The highest BCUT2D eigenvalue weighted by Gasteiger charge is 2.68. The van der Waals surface area contributed by atoms with Gasteiger partial charge in [0.05, 0.1) is 5.92 Å². The molecule has 1 aromatic rings. The van der Waals surface area contributed by atoms with E-state index in [1.807, 2.05) is 0 Å². The third-order valence-electron chi connectivity index (χ3n) is 4.55. The molecule has 0 aromatic heterocycles. The molecule has 0 saturated heterocycles. The Balaban J connectivity index is 2.05. The van der Waals surface area contributed by atoms with Gasteiger partial charge in [-0.15, -0.1) is 0 Å². The molecule has 1 N–H and O–H groups in total. The van der Waals surface area contributed by atoms with Crippen LogP contribution in [0.2, 0.25) is 0 Å². The second-order valence-corrected chi connectivity index (χ2v) is 6.09. The first kappa shape index (κ1) is 16.9. The Morgan fingerprint density at radius 2 is 2.04 bits per heavy atom. The van der Waals surface area contributed by atoms with Crippen molar-refractivity contribution in [2.45, 2.75) is 44.0 Å². The van der Waals surface area contributed by atoms with Crippen molar-refractivity contribution in [1.82, 2.24) is 5.01 Å². The fourth-order valence-corrected chi connectivity index (χ4v) is 3.34. The molecular weight excluding hydrogens is 328 g/mol. The van der Waals surface area contributed by atoms with Crippen molar-refractivity contribution >= 4 is 11.6 Å². The van der Waals surface area contributed by atoms with Crippen LogP contribution in [0.3, 0.4) is 0 Å². The molecule has 1 aromatic carbocycles. The molecule has 0 radical (unpaired) electrons. The number of hydrogen-bond acceptors (Lipinski definition) is 3. The van der Waals surface area contributed by atoms with Gasteiger partial charge < -0.3 is 5.11 Å². The summed E-state index contributed by atoms with van der Waals surface area (Å²) >= 11 is 0. The molecule has 130 valence electrons. The summed E-state index contributed by atoms with van der Waals surface area (Å²) < 4.78 is 54.3. The van der Waals surface area contributed by atoms with Crippen LogP contribution in [0.4, 0.5) is 17.6 Å². The topological polar surface area (TPSA) is 52.9 Å². The third kappa shape index (κ3) is 2.58. The standard InChI is InChI=1S/C16H16F4N2O2/c17-11-6-4-5-10(9-11)14(23)22-15(24,16(18,19)20)12-7-2-1-3-8-13(12)21-22/h4-6,9,12,24H,1-3,7-8H2/t12-,15+/m1/s1. The van der Waals surface area contributed by atoms with Gasteiger partial charge in [-0.25, -0.2) is 4.39 Å². The highest BCUT2D eigenvalue weighted by Crippen LogP contribution is 2.48. The molecule has 3 rings (SSSR count). The van der Waals surface area contributed by atoms with Gasteiger partial charge in [-0.2, -0.15) is 23.3 Å². The summed E-state index contributed by atoms with van der Waals surface area (Å²) in [6.45, 7) is 0. The van der Waals surface area contributed by atoms with Crippen LogP contribution in [0.15, 0.2) is 29.4 Å². The minimum atomic E-state index is -5.07. The zero-order valence-electron chi connectivity index (χ0n) is 12.7. The van der Waals surface area contributed by atoms with Crippen molar-refractivity contribution in [2.24, 2.45) is 11.0 Å². The molecule has 1 heterocycles. The summed E-state index contributed by atoms with van der Waals surface area (Å²) in [6.07, 6.45) is -2.75. The van der Waals surface area contributed by atoms with E-state index >= 15 is 0 Å². The minimum absolute atomic E-state index is 0.0904. The number of hydrazone groups is 1. The maximum atomic E-state index is 13.7. The number of nitrogens with zero attached hydrogens (tertiary/aromatic N) is 2. The minimum Gasteiger partial charge on any atom is -0.362 e. The summed E-state index contributed by atoms with van der Waals surface area (Å²) in [6, 6.07) is 4.31. The zero-order valence-corrected chi connectivity index (χ0v) is 12.7. The molecule has 0 unspecified atom stereocenters. The second kappa shape index (κ2) is 5.84. The predicted molar refractivity (Wildman–Crippen MR) is 77.6 cm³/mol. The van der Waals surface area contributed by atoms with Crippen LogP contribution in [0.25, 0.3) is 0 Å². The summed E-state index contributed by atoms with van der Waals surface area (Å²) in [4.78, 5) is 12.5. The normalized spacial score (nSPS) is 27.5. The van der Waals surface area contributed by atoms with Gasteiger partial charge >= 0.3 is 6.18 Å². The lowest BCUT2D eigenvalue weighted by Crippen LogP contribution is -2.61. The molecule has 1 fully saturated rings. The van der Waals surface area contributed by atoms with Crippen LogP contribution >= 0.6 is 0 Å². The first-order valence-corrected chi connectivity index (χ1v) is 7.71. The molecular formula is C16H16F4N2O2. The molecule has 2 aliphatic rings. The van der Waals surface area contributed by atoms with Crippen molar-refractivity contribution in [2.75, 3.05) is 0 Å². The zero-order chi connectivity index (χ0) is 17.5. The summed E-state index contributed by atoms with van der Waals surface area (Å²) in [5.74, 6) is -3.20. The second-order valence-electron chi connectivity index (χ2n) is 6.09. The van der Waals surface area contributed by atoms with Crippen molar-refractivity contribution in [3.05, 3.63) is 35.6 Å². The Bertz CT molecular complexity index is 689. The van der Waals surface area contributed by atoms with Crippen LogP contribution in [0, 0.1) is 11.7 Å². The van der Waals surface area contributed by atoms with E-state index in [4.69, 9.17) is 0 Å². The lowest BCUT2D eigenvalue weighted by Gasteiger charge is -2.37. The van der Waals surface area contributed by atoms with Crippen molar-refractivity contribution in [3.63, 3.8) is 0 Å². The largest absolute Gasteiger partial charge is 0.439 e. The number of alkyl halides is 3. The van der Waals surface area contributed by atoms with Crippen molar-refractivity contribution < 1.29 is 27.5 Å². The maximum Gasteiger partial charge on any atom is 0.439 e. The number of rotatable bonds is 1. The molecule has 1 amide bonds.